The number of carbonyl (C=O) groups excluding carboxylic acids is 2. The van der Waals surface area contributed by atoms with E-state index in [-0.39, 0.29) is 29.6 Å². The molecule has 0 bridgehead atoms. The fourth-order valence-electron chi connectivity index (χ4n) is 5.40. The van der Waals surface area contributed by atoms with E-state index in [2.05, 4.69) is 0 Å². The van der Waals surface area contributed by atoms with Crippen LogP contribution in [-0.4, -0.2) is 46.5 Å². The van der Waals surface area contributed by atoms with Gasteiger partial charge >= 0.3 is 0 Å². The van der Waals surface area contributed by atoms with E-state index < -0.39 is 5.60 Å². The number of aliphatic hydroxyl groups is 1. The van der Waals surface area contributed by atoms with E-state index in [0.29, 0.717) is 49.6 Å². The summed E-state index contributed by atoms with van der Waals surface area (Å²) in [6.45, 7) is 1.29. The summed E-state index contributed by atoms with van der Waals surface area (Å²) < 4.78 is 6.36. The fourth-order valence-corrected chi connectivity index (χ4v) is 5.40. The van der Waals surface area contributed by atoms with Gasteiger partial charge in [0, 0.05) is 24.9 Å². The van der Waals surface area contributed by atoms with Gasteiger partial charge in [-0.3, -0.25) is 9.59 Å². The molecule has 2 aliphatic heterocycles. The number of fused-ring (bicyclic) bond motifs is 3. The van der Waals surface area contributed by atoms with Crippen molar-refractivity contribution in [1.29, 1.82) is 0 Å². The molecule has 1 saturated heterocycles. The van der Waals surface area contributed by atoms with Crippen molar-refractivity contribution in [2.24, 2.45) is 17.8 Å². The molecule has 5 nitrogen and oxygen atoms in total. The van der Waals surface area contributed by atoms with Crippen LogP contribution >= 0.6 is 0 Å². The molecule has 1 aromatic carbocycles. The Morgan fingerprint density at radius 2 is 1.96 bits per heavy atom. The lowest BCUT2D eigenvalue weighted by Gasteiger charge is -2.37. The third-order valence-electron chi connectivity index (χ3n) is 6.70. The van der Waals surface area contributed by atoms with Gasteiger partial charge in [0.05, 0.1) is 18.1 Å². The molecule has 2 aliphatic carbocycles. The molecule has 2 saturated carbocycles. The van der Waals surface area contributed by atoms with Crippen LogP contribution in [0.2, 0.25) is 0 Å². The zero-order chi connectivity index (χ0) is 17.2. The third-order valence-corrected chi connectivity index (χ3v) is 6.70. The molecule has 5 heteroatoms. The van der Waals surface area contributed by atoms with Gasteiger partial charge in [-0.05, 0) is 43.7 Å². The maximum Gasteiger partial charge on any atom is 0.226 e. The number of ether oxygens (including phenoxy) is 1. The van der Waals surface area contributed by atoms with E-state index in [1.165, 1.54) is 0 Å². The van der Waals surface area contributed by atoms with Gasteiger partial charge in [-0.15, -0.1) is 0 Å². The molecule has 1 amide bonds. The molecular weight excluding hydrogens is 318 g/mol. The molecule has 1 spiro atoms. The Kier molecular flexibility index (Phi) is 3.26. The number of Topliss-reactive ketones (excluding diaryl/α,β-unsaturated/α-hetero) is 1. The van der Waals surface area contributed by atoms with Gasteiger partial charge in [0.15, 0.2) is 5.78 Å². The normalized spacial score (nSPS) is 36.8. The van der Waals surface area contributed by atoms with Crippen molar-refractivity contribution < 1.29 is 19.4 Å². The fraction of sp³-hybridized carbons (Fsp3) is 0.600. The largest absolute Gasteiger partial charge is 0.486 e. The van der Waals surface area contributed by atoms with Gasteiger partial charge in [-0.2, -0.15) is 0 Å². The minimum absolute atomic E-state index is 0.00190. The summed E-state index contributed by atoms with van der Waals surface area (Å²) in [4.78, 5) is 27.5. The number of piperidine rings is 1. The van der Waals surface area contributed by atoms with Crippen LogP contribution in [-0.2, 0) is 4.79 Å². The molecule has 132 valence electrons. The smallest absolute Gasteiger partial charge is 0.226 e. The maximum absolute atomic E-state index is 12.9. The van der Waals surface area contributed by atoms with E-state index in [4.69, 9.17) is 4.74 Å². The number of para-hydroxylation sites is 1. The standard InChI is InChI=1S/C20H23NO4/c22-12-6-9-21(10-7-12)19(24)17-14-5-8-20(18(14)17)11-15(23)13-3-1-2-4-16(13)25-20/h1-4,12,14,17-18,22H,5-11H2/t14-,17+,18-,20+/m1/s1. The Balaban J connectivity index is 1.36. The quantitative estimate of drug-likeness (QED) is 0.849. The molecule has 1 aromatic rings. The van der Waals surface area contributed by atoms with Crippen LogP contribution in [0, 0.1) is 17.8 Å². The lowest BCUT2D eigenvalue weighted by atomic mass is 9.84. The van der Waals surface area contributed by atoms with Crippen molar-refractivity contribution in [2.75, 3.05) is 13.1 Å². The highest BCUT2D eigenvalue weighted by Gasteiger charge is 2.71. The highest BCUT2D eigenvalue weighted by atomic mass is 16.5. The van der Waals surface area contributed by atoms with E-state index in [1.807, 2.05) is 29.2 Å². The van der Waals surface area contributed by atoms with Crippen molar-refractivity contribution in [3.8, 4) is 5.75 Å². The summed E-state index contributed by atoms with van der Waals surface area (Å²) in [5.74, 6) is 1.56. The molecule has 1 N–H and O–H groups in total. The summed E-state index contributed by atoms with van der Waals surface area (Å²) in [5, 5.41) is 9.65. The summed E-state index contributed by atoms with van der Waals surface area (Å²) in [5.41, 5.74) is 0.191. The first-order chi connectivity index (χ1) is 12.1. The van der Waals surface area contributed by atoms with Crippen LogP contribution in [0.15, 0.2) is 24.3 Å². The number of hydrogen-bond donors (Lipinski definition) is 1. The Labute approximate surface area is 147 Å². The number of aliphatic hydroxyl groups excluding tert-OH is 1. The Morgan fingerprint density at radius 3 is 2.76 bits per heavy atom. The van der Waals surface area contributed by atoms with Crippen molar-refractivity contribution in [3.63, 3.8) is 0 Å². The van der Waals surface area contributed by atoms with E-state index in [1.54, 1.807) is 0 Å². The summed E-state index contributed by atoms with van der Waals surface area (Å²) >= 11 is 0. The minimum atomic E-state index is -0.480. The second-order valence-electron chi connectivity index (χ2n) is 8.07. The zero-order valence-electron chi connectivity index (χ0n) is 14.2. The average molecular weight is 341 g/mol. The first-order valence-corrected chi connectivity index (χ1v) is 9.37. The molecule has 5 rings (SSSR count). The molecule has 25 heavy (non-hydrogen) atoms. The summed E-state index contributed by atoms with van der Waals surface area (Å²) in [6.07, 6.45) is 3.29. The molecule has 4 aliphatic rings. The topological polar surface area (TPSA) is 66.8 Å². The van der Waals surface area contributed by atoms with E-state index in [9.17, 15) is 14.7 Å². The average Bonchev–Trinajstić information content (AvgIpc) is 3.26. The lowest BCUT2D eigenvalue weighted by molar-refractivity contribution is -0.136. The number of likely N-dealkylation sites (tertiary alicyclic amines) is 1. The predicted octanol–water partition coefficient (Wildman–Crippen LogP) is 2.03. The van der Waals surface area contributed by atoms with E-state index in [0.717, 1.165) is 12.8 Å². The van der Waals surface area contributed by atoms with Crippen LogP contribution in [0.1, 0.15) is 42.5 Å². The monoisotopic (exact) mass is 341 g/mol. The van der Waals surface area contributed by atoms with E-state index >= 15 is 0 Å². The zero-order valence-corrected chi connectivity index (χ0v) is 14.2. The van der Waals surface area contributed by atoms with Gasteiger partial charge in [0.1, 0.15) is 11.4 Å². The SMILES string of the molecule is O=C1C[C@]2(CC[C@@H]3[C@H](C(=O)N4CCC(O)CC4)[C@@H]32)Oc2ccccc21. The van der Waals surface area contributed by atoms with Gasteiger partial charge in [0.25, 0.3) is 0 Å². The van der Waals surface area contributed by atoms with Gasteiger partial charge in [0.2, 0.25) is 5.91 Å². The number of carbonyl (C=O) groups is 2. The first-order valence-electron chi connectivity index (χ1n) is 9.37. The highest BCUT2D eigenvalue weighted by Crippen LogP contribution is 2.66. The molecule has 3 fully saturated rings. The number of amides is 1. The summed E-state index contributed by atoms with van der Waals surface area (Å²) in [6, 6.07) is 7.45. The van der Waals surface area contributed by atoms with Crippen LogP contribution in [0.4, 0.5) is 0 Å². The molecular formula is C20H23NO4. The van der Waals surface area contributed by atoms with Crippen molar-refractivity contribution in [2.45, 2.75) is 43.8 Å². The number of benzene rings is 1. The molecule has 4 atom stereocenters. The number of rotatable bonds is 1. The number of ketones is 1. The van der Waals surface area contributed by atoms with Crippen molar-refractivity contribution in [3.05, 3.63) is 29.8 Å². The van der Waals surface area contributed by atoms with Crippen LogP contribution in [0.3, 0.4) is 0 Å². The van der Waals surface area contributed by atoms with Gasteiger partial charge < -0.3 is 14.7 Å². The number of hydrogen-bond acceptors (Lipinski definition) is 4. The third kappa shape index (κ3) is 2.25. The predicted molar refractivity (Wildman–Crippen MR) is 90.3 cm³/mol. The van der Waals surface area contributed by atoms with Crippen LogP contribution in [0.5, 0.6) is 5.75 Å². The Morgan fingerprint density at radius 1 is 1.20 bits per heavy atom. The second-order valence-corrected chi connectivity index (χ2v) is 8.07. The first kappa shape index (κ1) is 15.4. The minimum Gasteiger partial charge on any atom is -0.486 e. The highest BCUT2D eigenvalue weighted by molar-refractivity contribution is 6.00. The van der Waals surface area contributed by atoms with Gasteiger partial charge in [-0.25, -0.2) is 0 Å². The van der Waals surface area contributed by atoms with Crippen molar-refractivity contribution in [1.82, 2.24) is 4.90 Å². The molecule has 0 radical (unpaired) electrons. The maximum atomic E-state index is 12.9. The van der Waals surface area contributed by atoms with Crippen LogP contribution < -0.4 is 4.74 Å². The molecule has 0 unspecified atom stereocenters. The van der Waals surface area contributed by atoms with Crippen molar-refractivity contribution >= 4 is 11.7 Å². The Hall–Kier alpha value is -1.88. The molecule has 0 aromatic heterocycles. The van der Waals surface area contributed by atoms with Crippen LogP contribution in [0.25, 0.3) is 0 Å². The summed E-state index contributed by atoms with van der Waals surface area (Å²) in [7, 11) is 0. The Bertz CT molecular complexity index is 739. The number of nitrogens with zero attached hydrogens (tertiary/aromatic N) is 1. The second kappa shape index (κ2) is 5.31. The van der Waals surface area contributed by atoms with Gasteiger partial charge in [-0.1, -0.05) is 12.1 Å². The molecule has 2 heterocycles. The lowest BCUT2D eigenvalue weighted by Crippen LogP contribution is -2.46.